The van der Waals surface area contributed by atoms with Gasteiger partial charge in [-0.15, -0.1) is 0 Å². The third-order valence-corrected chi connectivity index (χ3v) is 6.83. The SMILES string of the molecule is O=C(c1ccc(COc2ccc3c(c2)CCC3)o1)N1CCN(Cc2ccc3c(c2)OCO3)CC1. The van der Waals surface area contributed by atoms with Gasteiger partial charge in [0.05, 0.1) is 0 Å². The van der Waals surface area contributed by atoms with Crippen LogP contribution in [-0.2, 0) is 26.0 Å². The lowest BCUT2D eigenvalue weighted by molar-refractivity contribution is 0.0594. The molecule has 2 aromatic carbocycles. The molecule has 0 atom stereocenters. The van der Waals surface area contributed by atoms with Crippen LogP contribution in [0.1, 0.15) is 39.4 Å². The van der Waals surface area contributed by atoms with Crippen molar-refractivity contribution >= 4 is 5.91 Å². The number of furan rings is 1. The molecule has 7 heteroatoms. The number of amides is 1. The number of hydrogen-bond donors (Lipinski definition) is 0. The summed E-state index contributed by atoms with van der Waals surface area (Å²) in [5.74, 6) is 3.42. The van der Waals surface area contributed by atoms with Gasteiger partial charge < -0.3 is 23.5 Å². The van der Waals surface area contributed by atoms with Gasteiger partial charge in [0.1, 0.15) is 18.1 Å². The Hall–Kier alpha value is -3.45. The van der Waals surface area contributed by atoms with Gasteiger partial charge in [-0.05, 0) is 72.4 Å². The van der Waals surface area contributed by atoms with Crippen LogP contribution < -0.4 is 14.2 Å². The molecule has 0 N–H and O–H groups in total. The molecule has 2 aliphatic heterocycles. The molecule has 0 radical (unpaired) electrons. The van der Waals surface area contributed by atoms with Crippen molar-refractivity contribution in [1.29, 1.82) is 0 Å². The average Bonchev–Trinajstić information content (AvgIpc) is 3.63. The predicted octanol–water partition coefficient (Wildman–Crippen LogP) is 4.03. The van der Waals surface area contributed by atoms with Gasteiger partial charge in [-0.25, -0.2) is 0 Å². The summed E-state index contributed by atoms with van der Waals surface area (Å²) in [5, 5.41) is 0. The number of aryl methyl sites for hydroxylation is 2. The van der Waals surface area contributed by atoms with Crippen LogP contribution >= 0.6 is 0 Å². The normalized spacial score (nSPS) is 17.1. The molecule has 1 aliphatic carbocycles. The first-order chi connectivity index (χ1) is 16.7. The van der Waals surface area contributed by atoms with Crippen molar-refractivity contribution in [2.45, 2.75) is 32.4 Å². The Morgan fingerprint density at radius 3 is 2.65 bits per heavy atom. The van der Waals surface area contributed by atoms with Gasteiger partial charge in [-0.2, -0.15) is 0 Å². The quantitative estimate of drug-likeness (QED) is 0.553. The fraction of sp³-hybridized carbons (Fsp3) is 0.370. The molecule has 176 valence electrons. The van der Waals surface area contributed by atoms with Crippen LogP contribution in [-0.4, -0.2) is 48.7 Å². The Kier molecular flexibility index (Phi) is 5.63. The minimum atomic E-state index is -0.0634. The third kappa shape index (κ3) is 4.35. The van der Waals surface area contributed by atoms with E-state index in [1.54, 1.807) is 6.07 Å². The number of nitrogens with zero attached hydrogens (tertiary/aromatic N) is 2. The van der Waals surface area contributed by atoms with Crippen LogP contribution in [0.25, 0.3) is 0 Å². The highest BCUT2D eigenvalue weighted by molar-refractivity contribution is 5.91. The average molecular weight is 461 g/mol. The van der Waals surface area contributed by atoms with Crippen molar-refractivity contribution in [2.75, 3.05) is 33.0 Å². The lowest BCUT2D eigenvalue weighted by atomic mass is 10.1. The standard InChI is InChI=1S/C27H28N2O5/c30-27(25-9-7-23(34-25)17-31-22-6-5-20-2-1-3-21(20)15-22)29-12-10-28(11-13-29)16-19-4-8-24-26(14-19)33-18-32-24/h4-9,14-15H,1-3,10-13,16-18H2. The van der Waals surface area contributed by atoms with Gasteiger partial charge in [0.2, 0.25) is 6.79 Å². The predicted molar refractivity (Wildman–Crippen MR) is 125 cm³/mol. The molecule has 1 saturated heterocycles. The molecule has 0 bridgehead atoms. The van der Waals surface area contributed by atoms with E-state index in [2.05, 4.69) is 23.1 Å². The summed E-state index contributed by atoms with van der Waals surface area (Å²) in [6, 6.07) is 15.9. The van der Waals surface area contributed by atoms with Gasteiger partial charge in [0.15, 0.2) is 17.3 Å². The molecule has 3 heterocycles. The zero-order valence-corrected chi connectivity index (χ0v) is 19.1. The molecule has 3 aromatic rings. The molecule has 0 unspecified atom stereocenters. The topological polar surface area (TPSA) is 64.4 Å². The lowest BCUT2D eigenvalue weighted by Gasteiger charge is -2.34. The van der Waals surface area contributed by atoms with E-state index in [1.165, 1.54) is 23.1 Å². The summed E-state index contributed by atoms with van der Waals surface area (Å²) in [4.78, 5) is 17.2. The van der Waals surface area contributed by atoms with E-state index in [1.807, 2.05) is 29.2 Å². The molecular weight excluding hydrogens is 432 g/mol. The monoisotopic (exact) mass is 460 g/mol. The van der Waals surface area contributed by atoms with Crippen molar-refractivity contribution in [2.24, 2.45) is 0 Å². The summed E-state index contributed by atoms with van der Waals surface area (Å²) >= 11 is 0. The Morgan fingerprint density at radius 1 is 0.882 bits per heavy atom. The summed E-state index contributed by atoms with van der Waals surface area (Å²) in [6.45, 7) is 4.40. The smallest absolute Gasteiger partial charge is 0.289 e. The highest BCUT2D eigenvalue weighted by atomic mass is 16.7. The molecule has 7 nitrogen and oxygen atoms in total. The van der Waals surface area contributed by atoms with E-state index in [0.29, 0.717) is 31.2 Å². The molecule has 1 aromatic heterocycles. The summed E-state index contributed by atoms with van der Waals surface area (Å²) in [7, 11) is 0. The van der Waals surface area contributed by atoms with Gasteiger partial charge in [0, 0.05) is 32.7 Å². The Labute approximate surface area is 198 Å². The first-order valence-electron chi connectivity index (χ1n) is 11.9. The number of piperazine rings is 1. The molecule has 1 fully saturated rings. The van der Waals surface area contributed by atoms with Crippen LogP contribution in [0.15, 0.2) is 52.9 Å². The van der Waals surface area contributed by atoms with Gasteiger partial charge in [-0.3, -0.25) is 9.69 Å². The first-order valence-corrected chi connectivity index (χ1v) is 11.9. The zero-order valence-electron chi connectivity index (χ0n) is 19.1. The number of fused-ring (bicyclic) bond motifs is 2. The second-order valence-corrected chi connectivity index (χ2v) is 9.09. The second-order valence-electron chi connectivity index (χ2n) is 9.09. The van der Waals surface area contributed by atoms with Gasteiger partial charge >= 0.3 is 0 Å². The second kappa shape index (κ2) is 9.06. The van der Waals surface area contributed by atoms with Crippen molar-refractivity contribution in [3.05, 3.63) is 76.7 Å². The Balaban J connectivity index is 1.00. The van der Waals surface area contributed by atoms with Crippen LogP contribution in [0.4, 0.5) is 0 Å². The van der Waals surface area contributed by atoms with Gasteiger partial charge in [0.25, 0.3) is 5.91 Å². The van der Waals surface area contributed by atoms with Crippen molar-refractivity contribution in [1.82, 2.24) is 9.80 Å². The molecule has 1 amide bonds. The number of benzene rings is 2. The molecule has 3 aliphatic rings. The minimum Gasteiger partial charge on any atom is -0.486 e. The van der Waals surface area contributed by atoms with E-state index in [9.17, 15) is 4.79 Å². The van der Waals surface area contributed by atoms with E-state index in [4.69, 9.17) is 18.6 Å². The maximum atomic E-state index is 13.0. The van der Waals surface area contributed by atoms with Crippen molar-refractivity contribution < 1.29 is 23.4 Å². The van der Waals surface area contributed by atoms with E-state index in [0.717, 1.165) is 49.7 Å². The minimum absolute atomic E-state index is 0.0634. The van der Waals surface area contributed by atoms with Crippen LogP contribution in [0.5, 0.6) is 17.2 Å². The summed E-state index contributed by atoms with van der Waals surface area (Å²) in [6.07, 6.45) is 3.50. The largest absolute Gasteiger partial charge is 0.486 e. The van der Waals surface area contributed by atoms with Crippen molar-refractivity contribution in [3.8, 4) is 17.2 Å². The Bertz CT molecular complexity index is 1200. The third-order valence-electron chi connectivity index (χ3n) is 6.83. The maximum Gasteiger partial charge on any atom is 0.289 e. The summed E-state index contributed by atoms with van der Waals surface area (Å²) in [5.41, 5.74) is 3.99. The number of hydrogen-bond acceptors (Lipinski definition) is 6. The number of rotatable bonds is 6. The maximum absolute atomic E-state index is 13.0. The number of carbonyl (C=O) groups is 1. The highest BCUT2D eigenvalue weighted by Crippen LogP contribution is 2.33. The molecular formula is C27H28N2O5. The highest BCUT2D eigenvalue weighted by Gasteiger charge is 2.25. The van der Waals surface area contributed by atoms with Crippen molar-refractivity contribution in [3.63, 3.8) is 0 Å². The first kappa shape index (κ1) is 21.1. The number of ether oxygens (including phenoxy) is 3. The fourth-order valence-corrected chi connectivity index (χ4v) is 4.93. The van der Waals surface area contributed by atoms with E-state index in [-0.39, 0.29) is 12.7 Å². The van der Waals surface area contributed by atoms with Crippen LogP contribution in [0.3, 0.4) is 0 Å². The molecule has 6 rings (SSSR count). The van der Waals surface area contributed by atoms with Crippen LogP contribution in [0.2, 0.25) is 0 Å². The molecule has 34 heavy (non-hydrogen) atoms. The molecule has 0 saturated carbocycles. The van der Waals surface area contributed by atoms with E-state index >= 15 is 0 Å². The Morgan fingerprint density at radius 2 is 1.74 bits per heavy atom. The number of carbonyl (C=O) groups excluding carboxylic acids is 1. The lowest BCUT2D eigenvalue weighted by Crippen LogP contribution is -2.48. The van der Waals surface area contributed by atoms with Crippen LogP contribution in [0, 0.1) is 0 Å². The summed E-state index contributed by atoms with van der Waals surface area (Å²) < 4.78 is 22.6. The molecule has 0 spiro atoms. The fourth-order valence-electron chi connectivity index (χ4n) is 4.93. The van der Waals surface area contributed by atoms with Gasteiger partial charge in [-0.1, -0.05) is 12.1 Å². The zero-order chi connectivity index (χ0) is 22.9. The van der Waals surface area contributed by atoms with E-state index < -0.39 is 0 Å².